The highest BCUT2D eigenvalue weighted by molar-refractivity contribution is 5.64. The van der Waals surface area contributed by atoms with E-state index in [1.54, 1.807) is 0 Å². The topological polar surface area (TPSA) is 12.4 Å². The fraction of sp³-hybridized carbons (Fsp3) is 0.833. The molecule has 0 saturated heterocycles. The summed E-state index contributed by atoms with van der Waals surface area (Å²) in [5.41, 5.74) is 0. The Morgan fingerprint density at radius 3 is 2.71 bits per heavy atom. The van der Waals surface area contributed by atoms with E-state index in [2.05, 4.69) is 11.9 Å². The van der Waals surface area contributed by atoms with Crippen molar-refractivity contribution in [3.63, 3.8) is 0 Å². The van der Waals surface area contributed by atoms with Crippen molar-refractivity contribution in [3.8, 4) is 0 Å². The van der Waals surface area contributed by atoms with Crippen LogP contribution >= 0.6 is 0 Å². The predicted octanol–water partition coefficient (Wildman–Crippen LogP) is 1.63. The Balaban J connectivity index is 2.06. The highest BCUT2D eigenvalue weighted by Crippen LogP contribution is 2.10. The molecule has 0 radical (unpaired) electrons. The lowest BCUT2D eigenvalue weighted by molar-refractivity contribution is 0.594. The van der Waals surface area contributed by atoms with Crippen LogP contribution in [0.4, 0.5) is 0 Å². The van der Waals surface area contributed by atoms with Crippen molar-refractivity contribution in [2.45, 2.75) is 32.2 Å². The van der Waals surface area contributed by atoms with Crippen molar-refractivity contribution in [1.82, 2.24) is 0 Å². The van der Waals surface area contributed by atoms with Crippen LogP contribution in [0.1, 0.15) is 26.2 Å². The zero-order chi connectivity index (χ0) is 5.11. The molecule has 0 N–H and O–H groups in total. The molecule has 1 heteroatoms. The Bertz CT molecular complexity index is 76.2. The molecule has 0 aromatic heterocycles. The molecule has 0 spiro atoms. The van der Waals surface area contributed by atoms with Crippen LogP contribution in [0.25, 0.3) is 0 Å². The fourth-order valence-corrected chi connectivity index (χ4v) is 0.780. The van der Waals surface area contributed by atoms with Gasteiger partial charge in [-0.2, -0.15) is 0 Å². The van der Waals surface area contributed by atoms with Gasteiger partial charge in [0.25, 0.3) is 0 Å². The lowest BCUT2D eigenvalue weighted by atomic mass is 10.1. The zero-order valence-electron chi connectivity index (χ0n) is 4.72. The van der Waals surface area contributed by atoms with E-state index in [4.69, 9.17) is 0 Å². The van der Waals surface area contributed by atoms with Crippen LogP contribution in [0.5, 0.6) is 0 Å². The van der Waals surface area contributed by atoms with Crippen molar-refractivity contribution >= 4 is 6.21 Å². The highest BCUT2D eigenvalue weighted by Gasteiger charge is 2.08. The van der Waals surface area contributed by atoms with Crippen molar-refractivity contribution in [2.24, 2.45) is 4.99 Å². The largest absolute Gasteiger partial charge is 0.294 e. The van der Waals surface area contributed by atoms with E-state index in [-0.39, 0.29) is 0 Å². The van der Waals surface area contributed by atoms with E-state index >= 15 is 0 Å². The molecule has 1 aliphatic rings. The predicted molar refractivity (Wildman–Crippen MR) is 31.8 cm³/mol. The SMILES string of the molecule is CCCC1CC=N1. The molecule has 1 unspecified atom stereocenters. The van der Waals surface area contributed by atoms with E-state index in [0.717, 1.165) is 0 Å². The van der Waals surface area contributed by atoms with Gasteiger partial charge in [0, 0.05) is 12.6 Å². The Hall–Kier alpha value is -0.330. The fourth-order valence-electron chi connectivity index (χ4n) is 0.780. The molecular formula is C6H11N. The summed E-state index contributed by atoms with van der Waals surface area (Å²) in [6.07, 6.45) is 5.80. The van der Waals surface area contributed by atoms with Gasteiger partial charge in [-0.25, -0.2) is 0 Å². The van der Waals surface area contributed by atoms with Gasteiger partial charge >= 0.3 is 0 Å². The summed E-state index contributed by atoms with van der Waals surface area (Å²) in [7, 11) is 0. The molecule has 7 heavy (non-hydrogen) atoms. The van der Waals surface area contributed by atoms with Crippen LogP contribution in [0.2, 0.25) is 0 Å². The maximum atomic E-state index is 4.13. The van der Waals surface area contributed by atoms with Crippen molar-refractivity contribution in [3.05, 3.63) is 0 Å². The van der Waals surface area contributed by atoms with Crippen LogP contribution in [0, 0.1) is 0 Å². The number of rotatable bonds is 2. The quantitative estimate of drug-likeness (QED) is 0.496. The minimum atomic E-state index is 0.699. The van der Waals surface area contributed by atoms with Gasteiger partial charge in [0.05, 0.1) is 6.04 Å². The molecule has 1 nitrogen and oxygen atoms in total. The minimum absolute atomic E-state index is 0.699. The summed E-state index contributed by atoms with van der Waals surface area (Å²) in [6, 6.07) is 0.699. The van der Waals surface area contributed by atoms with Gasteiger partial charge in [0.2, 0.25) is 0 Å². The molecule has 0 amide bonds. The molecule has 1 aliphatic heterocycles. The summed E-state index contributed by atoms with van der Waals surface area (Å²) >= 11 is 0. The third kappa shape index (κ3) is 1.02. The summed E-state index contributed by atoms with van der Waals surface area (Å²) in [4.78, 5) is 4.13. The summed E-state index contributed by atoms with van der Waals surface area (Å²) in [6.45, 7) is 2.20. The normalized spacial score (nSPS) is 27.3. The Kier molecular flexibility index (Phi) is 1.45. The number of hydrogen-bond acceptors (Lipinski definition) is 1. The second-order valence-corrected chi connectivity index (χ2v) is 2.01. The van der Waals surface area contributed by atoms with Crippen molar-refractivity contribution < 1.29 is 0 Å². The number of nitrogens with zero attached hydrogens (tertiary/aromatic N) is 1. The molecular weight excluding hydrogens is 86.1 g/mol. The van der Waals surface area contributed by atoms with Crippen LogP contribution in [-0.2, 0) is 0 Å². The molecule has 1 heterocycles. The van der Waals surface area contributed by atoms with Gasteiger partial charge in [0.1, 0.15) is 0 Å². The van der Waals surface area contributed by atoms with Crippen molar-refractivity contribution in [1.29, 1.82) is 0 Å². The monoisotopic (exact) mass is 97.1 g/mol. The van der Waals surface area contributed by atoms with E-state index in [9.17, 15) is 0 Å². The molecule has 0 fully saturated rings. The maximum Gasteiger partial charge on any atom is 0.0544 e. The molecule has 0 saturated carbocycles. The minimum Gasteiger partial charge on any atom is -0.294 e. The molecule has 0 bridgehead atoms. The van der Waals surface area contributed by atoms with Gasteiger partial charge < -0.3 is 0 Å². The van der Waals surface area contributed by atoms with Crippen LogP contribution in [-0.4, -0.2) is 12.3 Å². The maximum absolute atomic E-state index is 4.13. The van der Waals surface area contributed by atoms with Gasteiger partial charge in [-0.05, 0) is 6.42 Å². The molecule has 1 rings (SSSR count). The molecule has 0 aromatic carbocycles. The standard InChI is InChI=1S/C6H11N/c1-2-3-6-4-5-7-6/h5-6H,2-4H2,1H3. The average molecular weight is 97.2 g/mol. The first-order valence-corrected chi connectivity index (χ1v) is 2.95. The third-order valence-electron chi connectivity index (χ3n) is 1.32. The summed E-state index contributed by atoms with van der Waals surface area (Å²) < 4.78 is 0. The highest BCUT2D eigenvalue weighted by atomic mass is 14.8. The van der Waals surface area contributed by atoms with E-state index in [0.29, 0.717) is 6.04 Å². The smallest absolute Gasteiger partial charge is 0.0544 e. The molecule has 0 aliphatic carbocycles. The van der Waals surface area contributed by atoms with Gasteiger partial charge in [-0.3, -0.25) is 4.99 Å². The molecule has 40 valence electrons. The van der Waals surface area contributed by atoms with Gasteiger partial charge in [-0.15, -0.1) is 0 Å². The van der Waals surface area contributed by atoms with E-state index < -0.39 is 0 Å². The molecule has 1 atom stereocenters. The molecule has 0 aromatic rings. The van der Waals surface area contributed by atoms with Crippen molar-refractivity contribution in [2.75, 3.05) is 0 Å². The lowest BCUT2D eigenvalue weighted by Crippen LogP contribution is -2.13. The Morgan fingerprint density at radius 2 is 2.57 bits per heavy atom. The first-order chi connectivity index (χ1) is 3.43. The third-order valence-corrected chi connectivity index (χ3v) is 1.32. The first-order valence-electron chi connectivity index (χ1n) is 2.95. The summed E-state index contributed by atoms with van der Waals surface area (Å²) in [5.74, 6) is 0. The second kappa shape index (κ2) is 2.10. The first kappa shape index (κ1) is 4.82. The number of aliphatic imine (C=N–C) groups is 1. The second-order valence-electron chi connectivity index (χ2n) is 2.01. The van der Waals surface area contributed by atoms with Crippen LogP contribution in [0.15, 0.2) is 4.99 Å². The van der Waals surface area contributed by atoms with E-state index in [1.165, 1.54) is 19.3 Å². The Morgan fingerprint density at radius 1 is 1.86 bits per heavy atom. The summed E-state index contributed by atoms with van der Waals surface area (Å²) in [5, 5.41) is 0. The van der Waals surface area contributed by atoms with Crippen LogP contribution < -0.4 is 0 Å². The average Bonchev–Trinajstić information content (AvgIpc) is 1.55. The van der Waals surface area contributed by atoms with Gasteiger partial charge in [-0.1, -0.05) is 13.3 Å². The Labute approximate surface area is 44.5 Å². The lowest BCUT2D eigenvalue weighted by Gasteiger charge is -2.14. The number of hydrogen-bond donors (Lipinski definition) is 0. The zero-order valence-corrected chi connectivity index (χ0v) is 4.72. The van der Waals surface area contributed by atoms with Gasteiger partial charge in [0.15, 0.2) is 0 Å². The van der Waals surface area contributed by atoms with Crippen LogP contribution in [0.3, 0.4) is 0 Å². The van der Waals surface area contributed by atoms with E-state index in [1.807, 2.05) is 6.21 Å².